The number of hydrogen-bond acceptors (Lipinski definition) is 5. The van der Waals surface area contributed by atoms with Gasteiger partial charge in [-0.25, -0.2) is 0 Å². The molecule has 0 saturated carbocycles. The zero-order valence-corrected chi connectivity index (χ0v) is 6.21. The maximum atomic E-state index is 9.17. The molecule has 0 radical (unpaired) electrons. The van der Waals surface area contributed by atoms with Gasteiger partial charge in [-0.05, 0) is 6.92 Å². The molecule has 1 unspecified atom stereocenters. The summed E-state index contributed by atoms with van der Waals surface area (Å²) in [5.41, 5.74) is 5.43. The number of ether oxygens (including phenoxy) is 1. The Bertz CT molecular complexity index is 129. The molecule has 0 aromatic rings. The molecule has 5 nitrogen and oxygen atoms in total. The molecule has 66 valence electrons. The van der Waals surface area contributed by atoms with Gasteiger partial charge in [0, 0.05) is 0 Å². The van der Waals surface area contributed by atoms with Gasteiger partial charge in [-0.15, -0.1) is 0 Å². The normalized spacial score (nSPS) is 52.6. The van der Waals surface area contributed by atoms with Gasteiger partial charge in [0.05, 0.1) is 12.1 Å². The van der Waals surface area contributed by atoms with Crippen molar-refractivity contribution in [3.63, 3.8) is 0 Å². The highest BCUT2D eigenvalue weighted by Gasteiger charge is 2.39. The molecule has 11 heavy (non-hydrogen) atoms. The number of aliphatic hydroxyl groups excluding tert-OH is 3. The third-order valence-corrected chi connectivity index (χ3v) is 1.93. The minimum absolute atomic E-state index is 0.441. The minimum Gasteiger partial charge on any atom is -0.388 e. The lowest BCUT2D eigenvalue weighted by atomic mass is 9.98. The molecule has 0 aromatic heterocycles. The molecule has 0 aromatic carbocycles. The molecule has 0 amide bonds. The van der Waals surface area contributed by atoms with E-state index in [0.717, 1.165) is 0 Å². The molecule has 1 saturated heterocycles. The van der Waals surface area contributed by atoms with Crippen LogP contribution < -0.4 is 5.73 Å². The average Bonchev–Trinajstić information content (AvgIpc) is 1.97. The first kappa shape index (κ1) is 8.89. The van der Waals surface area contributed by atoms with Crippen molar-refractivity contribution in [3.05, 3.63) is 0 Å². The van der Waals surface area contributed by atoms with Crippen molar-refractivity contribution >= 4 is 0 Å². The second-order valence-electron chi connectivity index (χ2n) is 2.79. The van der Waals surface area contributed by atoms with Gasteiger partial charge < -0.3 is 25.8 Å². The number of rotatable bonds is 0. The summed E-state index contributed by atoms with van der Waals surface area (Å²) < 4.78 is 4.80. The number of aliphatic hydroxyl groups is 3. The van der Waals surface area contributed by atoms with E-state index in [-0.39, 0.29) is 0 Å². The highest BCUT2D eigenvalue weighted by atomic mass is 16.6. The van der Waals surface area contributed by atoms with E-state index in [1.165, 1.54) is 0 Å². The lowest BCUT2D eigenvalue weighted by molar-refractivity contribution is -0.249. The predicted octanol–water partition coefficient (Wildman–Crippen LogP) is -2.23. The van der Waals surface area contributed by atoms with Gasteiger partial charge >= 0.3 is 0 Å². The molecule has 1 heterocycles. The average molecular weight is 163 g/mol. The summed E-state index contributed by atoms with van der Waals surface area (Å²) in [6.45, 7) is 1.63. The van der Waals surface area contributed by atoms with Crippen molar-refractivity contribution in [1.29, 1.82) is 0 Å². The number of nitrogens with two attached hydrogens (primary N) is 1. The highest BCUT2D eigenvalue weighted by Crippen LogP contribution is 2.17. The van der Waals surface area contributed by atoms with Crippen LogP contribution in [0.15, 0.2) is 0 Å². The molecular weight excluding hydrogens is 150 g/mol. The summed E-state index contributed by atoms with van der Waals surface area (Å²) in [6, 6.07) is -0.645. The Hall–Kier alpha value is -0.200. The van der Waals surface area contributed by atoms with Crippen LogP contribution >= 0.6 is 0 Å². The van der Waals surface area contributed by atoms with Crippen molar-refractivity contribution in [1.82, 2.24) is 0 Å². The molecule has 0 spiro atoms. The molecule has 0 aliphatic carbocycles. The quantitative estimate of drug-likeness (QED) is 0.324. The molecule has 5 N–H and O–H groups in total. The van der Waals surface area contributed by atoms with Gasteiger partial charge in [0.1, 0.15) is 12.2 Å². The fourth-order valence-electron chi connectivity index (χ4n) is 1.07. The van der Waals surface area contributed by atoms with Gasteiger partial charge in [0.15, 0.2) is 6.29 Å². The summed E-state index contributed by atoms with van der Waals surface area (Å²) in [6.07, 6.45) is -4.20. The fourth-order valence-corrected chi connectivity index (χ4v) is 1.07. The summed E-state index contributed by atoms with van der Waals surface area (Å²) >= 11 is 0. The van der Waals surface area contributed by atoms with Crippen molar-refractivity contribution in [3.8, 4) is 0 Å². The predicted molar refractivity (Wildman–Crippen MR) is 36.5 cm³/mol. The van der Waals surface area contributed by atoms with E-state index < -0.39 is 30.6 Å². The first-order valence-corrected chi connectivity index (χ1v) is 3.49. The largest absolute Gasteiger partial charge is 0.388 e. The van der Waals surface area contributed by atoms with Crippen molar-refractivity contribution in [2.45, 2.75) is 37.6 Å². The van der Waals surface area contributed by atoms with Gasteiger partial charge in [-0.3, -0.25) is 0 Å². The van der Waals surface area contributed by atoms with Crippen molar-refractivity contribution in [2.75, 3.05) is 0 Å². The smallest absolute Gasteiger partial charge is 0.183 e. The Morgan fingerprint density at radius 3 is 2.27 bits per heavy atom. The molecule has 5 heteroatoms. The van der Waals surface area contributed by atoms with Crippen LogP contribution in [0.1, 0.15) is 6.92 Å². The standard InChI is InChI=1S/C6H13NO4/c1-2-3(7)4(8)5(9)6(10)11-2/h2-6,8-10H,7H2,1H3/t2-,3?,4+,5-,6+/m1/s1. The van der Waals surface area contributed by atoms with Crippen LogP contribution in [-0.4, -0.2) is 46.0 Å². The Morgan fingerprint density at radius 1 is 1.18 bits per heavy atom. The third kappa shape index (κ3) is 1.52. The Kier molecular flexibility index (Phi) is 2.46. The Balaban J connectivity index is 2.63. The maximum absolute atomic E-state index is 9.17. The maximum Gasteiger partial charge on any atom is 0.183 e. The Labute approximate surface area is 64.4 Å². The molecular formula is C6H13NO4. The van der Waals surface area contributed by atoms with Gasteiger partial charge in [0.2, 0.25) is 0 Å². The van der Waals surface area contributed by atoms with Gasteiger partial charge in [-0.1, -0.05) is 0 Å². The van der Waals surface area contributed by atoms with E-state index in [1.54, 1.807) is 6.92 Å². The van der Waals surface area contributed by atoms with Crippen molar-refractivity contribution in [2.24, 2.45) is 5.73 Å². The monoisotopic (exact) mass is 163 g/mol. The van der Waals surface area contributed by atoms with Crippen molar-refractivity contribution < 1.29 is 20.1 Å². The van der Waals surface area contributed by atoms with Crippen LogP contribution in [0.3, 0.4) is 0 Å². The topological polar surface area (TPSA) is 95.9 Å². The van der Waals surface area contributed by atoms with Crippen LogP contribution in [0.25, 0.3) is 0 Å². The van der Waals surface area contributed by atoms with Crippen LogP contribution in [0.2, 0.25) is 0 Å². The SMILES string of the molecule is C[C@H]1O[C@H](O)[C@H](O)[C@@H](O)C1N. The molecule has 5 atom stereocenters. The lowest BCUT2D eigenvalue weighted by Gasteiger charge is -2.37. The summed E-state index contributed by atoms with van der Waals surface area (Å²) in [5, 5.41) is 27.1. The van der Waals surface area contributed by atoms with Gasteiger partial charge in [-0.2, -0.15) is 0 Å². The third-order valence-electron chi connectivity index (χ3n) is 1.93. The highest BCUT2D eigenvalue weighted by molar-refractivity contribution is 4.89. The number of hydrogen-bond donors (Lipinski definition) is 4. The van der Waals surface area contributed by atoms with E-state index in [1.807, 2.05) is 0 Å². The first-order valence-electron chi connectivity index (χ1n) is 3.49. The van der Waals surface area contributed by atoms with E-state index in [9.17, 15) is 5.11 Å². The van der Waals surface area contributed by atoms with Crippen LogP contribution in [0.5, 0.6) is 0 Å². The van der Waals surface area contributed by atoms with E-state index >= 15 is 0 Å². The van der Waals surface area contributed by atoms with E-state index in [4.69, 9.17) is 20.7 Å². The molecule has 0 bridgehead atoms. The van der Waals surface area contributed by atoms with E-state index in [0.29, 0.717) is 0 Å². The van der Waals surface area contributed by atoms with Crippen LogP contribution in [0, 0.1) is 0 Å². The molecule has 1 rings (SSSR count). The minimum atomic E-state index is -1.33. The first-order chi connectivity index (χ1) is 5.04. The summed E-state index contributed by atoms with van der Waals surface area (Å²) in [7, 11) is 0. The summed E-state index contributed by atoms with van der Waals surface area (Å²) in [4.78, 5) is 0. The van der Waals surface area contributed by atoms with E-state index in [2.05, 4.69) is 0 Å². The zero-order chi connectivity index (χ0) is 8.59. The molecule has 1 fully saturated rings. The second-order valence-corrected chi connectivity index (χ2v) is 2.79. The fraction of sp³-hybridized carbons (Fsp3) is 1.00. The zero-order valence-electron chi connectivity index (χ0n) is 6.21. The van der Waals surface area contributed by atoms with Crippen LogP contribution in [-0.2, 0) is 4.74 Å². The molecule has 1 aliphatic rings. The molecule has 1 aliphatic heterocycles. The van der Waals surface area contributed by atoms with Crippen LogP contribution in [0.4, 0.5) is 0 Å². The summed E-state index contributed by atoms with van der Waals surface area (Å²) in [5.74, 6) is 0. The lowest BCUT2D eigenvalue weighted by Crippen LogP contribution is -2.60. The second kappa shape index (κ2) is 3.04. The Morgan fingerprint density at radius 2 is 1.73 bits per heavy atom. The van der Waals surface area contributed by atoms with Gasteiger partial charge in [0.25, 0.3) is 0 Å².